The van der Waals surface area contributed by atoms with Crippen molar-refractivity contribution < 1.29 is 27.6 Å². The maximum Gasteiger partial charge on any atom is 0.258 e. The maximum atomic E-state index is 14.5. The predicted molar refractivity (Wildman–Crippen MR) is 136 cm³/mol. The van der Waals surface area contributed by atoms with Crippen LogP contribution in [0.4, 0.5) is 8.78 Å². The molecule has 0 aliphatic heterocycles. The molecule has 0 fully saturated rings. The number of hydrogen-bond acceptors (Lipinski definition) is 4. The highest BCUT2D eigenvalue weighted by Crippen LogP contribution is 2.38. The zero-order valence-corrected chi connectivity index (χ0v) is 20.1. The fraction of sp³-hybridized carbons (Fsp3) is 0.107. The summed E-state index contributed by atoms with van der Waals surface area (Å²) in [6.07, 6.45) is 1.10. The summed E-state index contributed by atoms with van der Waals surface area (Å²) in [7, 11) is 2.97. The lowest BCUT2D eigenvalue weighted by Crippen LogP contribution is -2.20. The highest BCUT2D eigenvalue weighted by Gasteiger charge is 2.24. The van der Waals surface area contributed by atoms with Crippen molar-refractivity contribution in [2.75, 3.05) is 14.1 Å². The molecular formula is C28H23F2N3O4. The van der Waals surface area contributed by atoms with Gasteiger partial charge in [0.2, 0.25) is 5.91 Å². The van der Waals surface area contributed by atoms with Crippen LogP contribution in [0.1, 0.15) is 26.3 Å². The number of benzene rings is 3. The Balaban J connectivity index is 2.01. The number of halogens is 2. The molecule has 0 unspecified atom stereocenters. The summed E-state index contributed by atoms with van der Waals surface area (Å²) in [5, 5.41) is 7.94. The van der Waals surface area contributed by atoms with E-state index in [0.717, 1.165) is 12.3 Å². The second-order valence-electron chi connectivity index (χ2n) is 8.12. The summed E-state index contributed by atoms with van der Waals surface area (Å²) in [4.78, 5) is 37.6. The standard InChI is InChI=1S/C28H23F2N3O4/c1-4-33-27(35)20-11-16(7-10-22(20)30)19-14-21-23(12-17(19)13-24(34)31-2)37-26(25(21)28(36)32-3)15-5-8-18(29)9-6-15/h4-12,14H,1,13H2,2-3H3,(H,31,34)(H,32,36)(H,33,35). The first kappa shape index (κ1) is 25.3. The average Bonchev–Trinajstić information content (AvgIpc) is 3.26. The summed E-state index contributed by atoms with van der Waals surface area (Å²) in [6.45, 7) is 3.43. The Morgan fingerprint density at radius 2 is 1.62 bits per heavy atom. The molecule has 4 aromatic rings. The summed E-state index contributed by atoms with van der Waals surface area (Å²) in [6, 6.07) is 12.8. The normalized spacial score (nSPS) is 10.7. The molecule has 0 saturated heterocycles. The Labute approximate surface area is 211 Å². The largest absolute Gasteiger partial charge is 0.455 e. The van der Waals surface area contributed by atoms with Crippen LogP contribution in [0.5, 0.6) is 0 Å². The number of carbonyl (C=O) groups is 3. The topological polar surface area (TPSA) is 100 Å². The van der Waals surface area contributed by atoms with E-state index in [1.54, 1.807) is 12.1 Å². The third-order valence-corrected chi connectivity index (χ3v) is 5.86. The lowest BCUT2D eigenvalue weighted by Gasteiger charge is -2.12. The van der Waals surface area contributed by atoms with Gasteiger partial charge in [0, 0.05) is 25.0 Å². The molecule has 1 aromatic heterocycles. The van der Waals surface area contributed by atoms with Crippen molar-refractivity contribution in [2.24, 2.45) is 0 Å². The van der Waals surface area contributed by atoms with E-state index in [2.05, 4.69) is 22.5 Å². The SMILES string of the molecule is C=CNC(=O)c1cc(-c2cc3c(C(=O)NC)c(-c4ccc(F)cc4)oc3cc2CC(=O)NC)ccc1F. The monoisotopic (exact) mass is 503 g/mol. The summed E-state index contributed by atoms with van der Waals surface area (Å²) >= 11 is 0. The molecule has 0 bridgehead atoms. The summed E-state index contributed by atoms with van der Waals surface area (Å²) in [5.41, 5.74) is 2.28. The fourth-order valence-corrected chi connectivity index (χ4v) is 4.05. The van der Waals surface area contributed by atoms with E-state index in [1.807, 2.05) is 0 Å². The van der Waals surface area contributed by atoms with Crippen LogP contribution in [0.25, 0.3) is 33.4 Å². The number of amides is 3. The minimum Gasteiger partial charge on any atom is -0.455 e. The molecule has 188 valence electrons. The molecule has 7 nitrogen and oxygen atoms in total. The molecule has 9 heteroatoms. The number of fused-ring (bicyclic) bond motifs is 1. The van der Waals surface area contributed by atoms with Gasteiger partial charge in [0.05, 0.1) is 17.5 Å². The Bertz CT molecular complexity index is 1540. The van der Waals surface area contributed by atoms with Crippen LogP contribution in [0.2, 0.25) is 0 Å². The fourth-order valence-electron chi connectivity index (χ4n) is 4.05. The van der Waals surface area contributed by atoms with Gasteiger partial charge in [-0.25, -0.2) is 8.78 Å². The van der Waals surface area contributed by atoms with Crippen LogP contribution in [-0.4, -0.2) is 31.8 Å². The molecule has 0 spiro atoms. The lowest BCUT2D eigenvalue weighted by atomic mass is 9.93. The molecule has 0 atom stereocenters. The first-order chi connectivity index (χ1) is 17.8. The van der Waals surface area contributed by atoms with Gasteiger partial charge in [-0.05, 0) is 71.4 Å². The Hall–Kier alpha value is -4.79. The number of hydrogen-bond donors (Lipinski definition) is 3. The quantitative estimate of drug-likeness (QED) is 0.344. The van der Waals surface area contributed by atoms with E-state index in [1.165, 1.54) is 50.5 Å². The lowest BCUT2D eigenvalue weighted by molar-refractivity contribution is -0.119. The van der Waals surface area contributed by atoms with Crippen molar-refractivity contribution in [3.05, 3.63) is 95.7 Å². The minimum absolute atomic E-state index is 0.0464. The van der Waals surface area contributed by atoms with E-state index in [9.17, 15) is 23.2 Å². The van der Waals surface area contributed by atoms with Crippen molar-refractivity contribution in [3.63, 3.8) is 0 Å². The highest BCUT2D eigenvalue weighted by molar-refractivity contribution is 6.12. The second kappa shape index (κ2) is 10.4. The third-order valence-electron chi connectivity index (χ3n) is 5.86. The summed E-state index contributed by atoms with van der Waals surface area (Å²) < 4.78 is 34.1. The molecule has 37 heavy (non-hydrogen) atoms. The van der Waals surface area contributed by atoms with Crippen LogP contribution in [0.3, 0.4) is 0 Å². The smallest absolute Gasteiger partial charge is 0.258 e. The molecule has 0 aliphatic rings. The molecule has 0 radical (unpaired) electrons. The molecule has 3 aromatic carbocycles. The number of nitrogens with one attached hydrogen (secondary N) is 3. The Kier molecular flexibility index (Phi) is 7.15. The average molecular weight is 504 g/mol. The van der Waals surface area contributed by atoms with Crippen molar-refractivity contribution >= 4 is 28.7 Å². The van der Waals surface area contributed by atoms with Crippen molar-refractivity contribution in [3.8, 4) is 22.5 Å². The van der Waals surface area contributed by atoms with Crippen LogP contribution in [-0.2, 0) is 11.2 Å². The Morgan fingerprint density at radius 3 is 2.27 bits per heavy atom. The molecule has 3 N–H and O–H groups in total. The minimum atomic E-state index is -0.731. The number of carbonyl (C=O) groups excluding carboxylic acids is 3. The zero-order chi connectivity index (χ0) is 26.7. The van der Waals surface area contributed by atoms with Gasteiger partial charge in [-0.3, -0.25) is 14.4 Å². The van der Waals surface area contributed by atoms with Gasteiger partial charge < -0.3 is 20.4 Å². The first-order valence-electron chi connectivity index (χ1n) is 11.3. The van der Waals surface area contributed by atoms with Crippen LogP contribution in [0.15, 0.2) is 71.8 Å². The van der Waals surface area contributed by atoms with Crippen molar-refractivity contribution in [1.82, 2.24) is 16.0 Å². The number of furan rings is 1. The van der Waals surface area contributed by atoms with Crippen molar-refractivity contribution in [2.45, 2.75) is 6.42 Å². The third kappa shape index (κ3) is 4.97. The maximum absolute atomic E-state index is 14.5. The number of rotatable bonds is 7. The molecule has 1 heterocycles. The molecule has 0 saturated carbocycles. The van der Waals surface area contributed by atoms with E-state index in [-0.39, 0.29) is 29.2 Å². The van der Waals surface area contributed by atoms with Gasteiger partial charge in [0.1, 0.15) is 23.0 Å². The van der Waals surface area contributed by atoms with E-state index in [4.69, 9.17) is 4.42 Å². The van der Waals surface area contributed by atoms with E-state index in [0.29, 0.717) is 33.2 Å². The van der Waals surface area contributed by atoms with Gasteiger partial charge in [-0.2, -0.15) is 0 Å². The molecular weight excluding hydrogens is 480 g/mol. The summed E-state index contributed by atoms with van der Waals surface area (Å²) in [5.74, 6) is -2.36. The van der Waals surface area contributed by atoms with Gasteiger partial charge in [0.25, 0.3) is 11.8 Å². The second-order valence-corrected chi connectivity index (χ2v) is 8.12. The van der Waals surface area contributed by atoms with E-state index >= 15 is 0 Å². The first-order valence-corrected chi connectivity index (χ1v) is 11.3. The number of likely N-dealkylation sites (N-methyl/N-ethyl adjacent to an activating group) is 1. The van der Waals surface area contributed by atoms with Gasteiger partial charge in [-0.1, -0.05) is 12.6 Å². The molecule has 4 rings (SSSR count). The van der Waals surface area contributed by atoms with Gasteiger partial charge in [-0.15, -0.1) is 0 Å². The van der Waals surface area contributed by atoms with Crippen LogP contribution in [0, 0.1) is 11.6 Å². The predicted octanol–water partition coefficient (Wildman–Crippen LogP) is 4.57. The van der Waals surface area contributed by atoms with E-state index < -0.39 is 23.4 Å². The van der Waals surface area contributed by atoms with Gasteiger partial charge in [0.15, 0.2) is 0 Å². The molecule has 3 amide bonds. The zero-order valence-electron chi connectivity index (χ0n) is 20.1. The Morgan fingerprint density at radius 1 is 0.919 bits per heavy atom. The van der Waals surface area contributed by atoms with Crippen molar-refractivity contribution in [1.29, 1.82) is 0 Å². The van der Waals surface area contributed by atoms with Crippen LogP contribution >= 0.6 is 0 Å². The van der Waals surface area contributed by atoms with Gasteiger partial charge >= 0.3 is 0 Å². The highest BCUT2D eigenvalue weighted by atomic mass is 19.1. The van der Waals surface area contributed by atoms with Crippen LogP contribution < -0.4 is 16.0 Å². The molecule has 0 aliphatic carbocycles.